The highest BCUT2D eigenvalue weighted by Crippen LogP contribution is 2.20. The summed E-state index contributed by atoms with van der Waals surface area (Å²) in [7, 11) is 0. The Morgan fingerprint density at radius 1 is 1.17 bits per heavy atom. The summed E-state index contributed by atoms with van der Waals surface area (Å²) in [6.07, 6.45) is 3.96. The maximum absolute atomic E-state index is 10.7. The van der Waals surface area contributed by atoms with Gasteiger partial charge < -0.3 is 14.4 Å². The van der Waals surface area contributed by atoms with E-state index in [2.05, 4.69) is 0 Å². The van der Waals surface area contributed by atoms with Gasteiger partial charge in [-0.1, -0.05) is 18.2 Å². The van der Waals surface area contributed by atoms with Gasteiger partial charge in [-0.05, 0) is 24.3 Å². The molecule has 1 heterocycles. The van der Waals surface area contributed by atoms with Crippen LogP contribution in [0.1, 0.15) is 19.1 Å². The number of hydrogen-bond donors (Lipinski definition) is 1. The number of rotatable bonds is 6. The Morgan fingerprint density at radius 2 is 1.83 bits per heavy atom. The molecule has 0 amide bonds. The number of benzene rings is 1. The topological polar surface area (TPSA) is 51.5 Å². The summed E-state index contributed by atoms with van der Waals surface area (Å²) in [5.41, 5.74) is 0. The van der Waals surface area contributed by atoms with Gasteiger partial charge in [0.25, 0.3) is 0 Å². The highest BCUT2D eigenvalue weighted by Gasteiger charge is 2.13. The molecular formula is C14H15NO3. The molecule has 0 fully saturated rings. The zero-order valence-electron chi connectivity index (χ0n) is 9.90. The van der Waals surface area contributed by atoms with Crippen LogP contribution in [0.15, 0.2) is 54.9 Å². The first-order valence-corrected chi connectivity index (χ1v) is 5.81. The molecule has 0 spiro atoms. The number of hydrogen-bond acceptors (Lipinski definition) is 2. The third-order valence-electron chi connectivity index (χ3n) is 2.58. The Morgan fingerprint density at radius 3 is 2.44 bits per heavy atom. The van der Waals surface area contributed by atoms with E-state index in [-0.39, 0.29) is 12.6 Å². The van der Waals surface area contributed by atoms with Gasteiger partial charge in [0.1, 0.15) is 5.75 Å². The molecule has 0 bridgehead atoms. The molecule has 0 aliphatic heterocycles. The first-order valence-electron chi connectivity index (χ1n) is 5.81. The van der Waals surface area contributed by atoms with Crippen LogP contribution in [-0.4, -0.2) is 15.6 Å². The maximum atomic E-state index is 10.7. The van der Waals surface area contributed by atoms with Crippen molar-refractivity contribution < 1.29 is 14.6 Å². The van der Waals surface area contributed by atoms with Gasteiger partial charge in [-0.2, -0.15) is 0 Å². The van der Waals surface area contributed by atoms with E-state index in [9.17, 15) is 4.79 Å². The number of carbonyl (C=O) groups is 1. The Bertz CT molecular complexity index is 479. The molecule has 0 aliphatic carbocycles. The molecule has 0 saturated carbocycles. The fourth-order valence-electron chi connectivity index (χ4n) is 1.71. The summed E-state index contributed by atoms with van der Waals surface area (Å²) in [6, 6.07) is 13.2. The molecule has 18 heavy (non-hydrogen) atoms. The smallest absolute Gasteiger partial charge is 0.303 e. The van der Waals surface area contributed by atoms with Crippen LogP contribution < -0.4 is 4.74 Å². The lowest BCUT2D eigenvalue weighted by Crippen LogP contribution is -2.16. The Hall–Kier alpha value is -2.23. The highest BCUT2D eigenvalue weighted by molar-refractivity contribution is 5.66. The van der Waals surface area contributed by atoms with Crippen LogP contribution in [0.4, 0.5) is 0 Å². The average Bonchev–Trinajstić information content (AvgIpc) is 2.89. The predicted octanol–water partition coefficient (Wildman–Crippen LogP) is 2.93. The molecular weight excluding hydrogens is 230 g/mol. The van der Waals surface area contributed by atoms with Crippen molar-refractivity contribution in [3.63, 3.8) is 0 Å². The molecule has 2 rings (SSSR count). The van der Waals surface area contributed by atoms with Crippen molar-refractivity contribution in [2.24, 2.45) is 0 Å². The maximum Gasteiger partial charge on any atom is 0.303 e. The van der Waals surface area contributed by atoms with Crippen molar-refractivity contribution >= 4 is 5.97 Å². The van der Waals surface area contributed by atoms with E-state index >= 15 is 0 Å². The van der Waals surface area contributed by atoms with Crippen LogP contribution in [-0.2, 0) is 4.79 Å². The first-order chi connectivity index (χ1) is 8.75. The van der Waals surface area contributed by atoms with E-state index in [1.165, 1.54) is 0 Å². The van der Waals surface area contributed by atoms with Crippen molar-refractivity contribution in [3.8, 4) is 5.75 Å². The van der Waals surface area contributed by atoms with Crippen LogP contribution in [0.25, 0.3) is 0 Å². The Balaban J connectivity index is 2.07. The number of aromatic nitrogens is 1. The van der Waals surface area contributed by atoms with Gasteiger partial charge >= 0.3 is 5.97 Å². The second-order valence-electron chi connectivity index (χ2n) is 3.95. The minimum absolute atomic E-state index is 0.0790. The lowest BCUT2D eigenvalue weighted by Gasteiger charge is -2.20. The Labute approximate surface area is 105 Å². The third-order valence-corrected chi connectivity index (χ3v) is 2.58. The lowest BCUT2D eigenvalue weighted by molar-refractivity contribution is -0.137. The van der Waals surface area contributed by atoms with Crippen molar-refractivity contribution in [2.75, 3.05) is 0 Å². The van der Waals surface area contributed by atoms with Gasteiger partial charge in [-0.15, -0.1) is 0 Å². The molecule has 1 aromatic heterocycles. The van der Waals surface area contributed by atoms with Crippen LogP contribution in [0.2, 0.25) is 0 Å². The number of carboxylic acids is 1. The van der Waals surface area contributed by atoms with Crippen LogP contribution in [0.3, 0.4) is 0 Å². The monoisotopic (exact) mass is 245 g/mol. The minimum atomic E-state index is -0.816. The van der Waals surface area contributed by atoms with Crippen molar-refractivity contribution in [2.45, 2.75) is 19.1 Å². The van der Waals surface area contributed by atoms with Gasteiger partial charge in [-0.25, -0.2) is 0 Å². The highest BCUT2D eigenvalue weighted by atomic mass is 16.5. The van der Waals surface area contributed by atoms with E-state index in [0.29, 0.717) is 6.42 Å². The molecule has 1 atom stereocenters. The fraction of sp³-hybridized carbons (Fsp3) is 0.214. The summed E-state index contributed by atoms with van der Waals surface area (Å²) in [6.45, 7) is 0. The van der Waals surface area contributed by atoms with Gasteiger partial charge in [0.05, 0.1) is 6.42 Å². The molecule has 0 radical (unpaired) electrons. The summed E-state index contributed by atoms with van der Waals surface area (Å²) in [5, 5.41) is 8.76. The summed E-state index contributed by atoms with van der Waals surface area (Å²) in [4.78, 5) is 10.7. The summed E-state index contributed by atoms with van der Waals surface area (Å²) >= 11 is 0. The molecule has 4 nitrogen and oxygen atoms in total. The lowest BCUT2D eigenvalue weighted by atomic mass is 10.2. The van der Waals surface area contributed by atoms with Crippen LogP contribution in [0, 0.1) is 0 Å². The van der Waals surface area contributed by atoms with Gasteiger partial charge in [0.2, 0.25) is 0 Å². The standard InChI is InChI=1S/C14H15NO3/c16-14(17)9-8-13(15-10-4-5-11-15)18-12-6-2-1-3-7-12/h1-7,10-11,13H,8-9H2,(H,16,17). The molecule has 1 N–H and O–H groups in total. The van der Waals surface area contributed by atoms with Gasteiger partial charge in [0, 0.05) is 18.8 Å². The zero-order chi connectivity index (χ0) is 12.8. The predicted molar refractivity (Wildman–Crippen MR) is 67.4 cm³/mol. The number of ether oxygens (including phenoxy) is 1. The summed E-state index contributed by atoms with van der Waals surface area (Å²) < 4.78 is 7.68. The van der Waals surface area contributed by atoms with Gasteiger partial charge in [0.15, 0.2) is 6.23 Å². The van der Waals surface area contributed by atoms with E-state index in [4.69, 9.17) is 9.84 Å². The second-order valence-corrected chi connectivity index (χ2v) is 3.95. The molecule has 1 aromatic carbocycles. The SMILES string of the molecule is O=C(O)CCC(Oc1ccccc1)n1cccc1. The number of carboxylic acid groups (broad SMARTS) is 1. The van der Waals surface area contributed by atoms with E-state index in [1.54, 1.807) is 0 Å². The molecule has 0 aliphatic rings. The normalized spacial score (nSPS) is 12.0. The largest absolute Gasteiger partial charge is 0.481 e. The molecule has 1 unspecified atom stereocenters. The van der Waals surface area contributed by atoms with Crippen molar-refractivity contribution in [1.29, 1.82) is 0 Å². The quantitative estimate of drug-likeness (QED) is 0.851. The van der Waals surface area contributed by atoms with Gasteiger partial charge in [-0.3, -0.25) is 4.79 Å². The van der Waals surface area contributed by atoms with E-state index < -0.39 is 5.97 Å². The molecule has 4 heteroatoms. The number of para-hydroxylation sites is 1. The molecule has 94 valence electrons. The number of aliphatic carboxylic acids is 1. The second kappa shape index (κ2) is 5.91. The zero-order valence-corrected chi connectivity index (χ0v) is 9.90. The average molecular weight is 245 g/mol. The van der Waals surface area contributed by atoms with Crippen LogP contribution >= 0.6 is 0 Å². The van der Waals surface area contributed by atoms with E-state index in [0.717, 1.165) is 5.75 Å². The Kier molecular flexibility index (Phi) is 4.02. The molecule has 2 aromatic rings. The van der Waals surface area contributed by atoms with Crippen molar-refractivity contribution in [1.82, 2.24) is 4.57 Å². The minimum Gasteiger partial charge on any atom is -0.481 e. The van der Waals surface area contributed by atoms with Crippen LogP contribution in [0.5, 0.6) is 5.75 Å². The summed E-state index contributed by atoms with van der Waals surface area (Å²) in [5.74, 6) is -0.0783. The third kappa shape index (κ3) is 3.38. The number of nitrogens with zero attached hydrogens (tertiary/aromatic N) is 1. The first kappa shape index (κ1) is 12.2. The fourth-order valence-corrected chi connectivity index (χ4v) is 1.71. The van der Waals surface area contributed by atoms with E-state index in [1.807, 2.05) is 59.4 Å². The van der Waals surface area contributed by atoms with Crippen molar-refractivity contribution in [3.05, 3.63) is 54.9 Å². The molecule has 0 saturated heterocycles.